The van der Waals surface area contributed by atoms with E-state index < -0.39 is 5.97 Å². The van der Waals surface area contributed by atoms with Crippen molar-refractivity contribution in [2.75, 3.05) is 25.0 Å². The summed E-state index contributed by atoms with van der Waals surface area (Å²) in [7, 11) is 0. The number of nitrogens with zero attached hydrogens (tertiary/aromatic N) is 2. The number of piperidine rings is 1. The second-order valence-corrected chi connectivity index (χ2v) is 7.80. The minimum atomic E-state index is -0.457. The molecule has 0 unspecified atom stereocenters. The number of carbonyl (C=O) groups excluding carboxylic acids is 3. The minimum Gasteiger partial charge on any atom is -0.462 e. The van der Waals surface area contributed by atoms with E-state index in [1.807, 2.05) is 37.3 Å². The van der Waals surface area contributed by atoms with Gasteiger partial charge in [0.15, 0.2) is 5.13 Å². The second kappa shape index (κ2) is 9.65. The van der Waals surface area contributed by atoms with Gasteiger partial charge in [-0.3, -0.25) is 9.59 Å². The van der Waals surface area contributed by atoms with Crippen LogP contribution in [-0.2, 0) is 14.3 Å². The fraction of sp³-hybridized carbons (Fsp3) is 0.429. The highest BCUT2D eigenvalue weighted by Crippen LogP contribution is 2.32. The third-order valence-electron chi connectivity index (χ3n) is 4.81. The highest BCUT2D eigenvalue weighted by Gasteiger charge is 2.29. The van der Waals surface area contributed by atoms with E-state index in [2.05, 4.69) is 10.3 Å². The molecule has 2 aromatic rings. The van der Waals surface area contributed by atoms with E-state index in [0.717, 1.165) is 29.7 Å². The van der Waals surface area contributed by atoms with Gasteiger partial charge in [-0.2, -0.15) is 0 Å². The average Bonchev–Trinajstić information content (AvgIpc) is 3.18. The number of likely N-dealkylation sites (tertiary alicyclic amines) is 1. The summed E-state index contributed by atoms with van der Waals surface area (Å²) in [6.07, 6.45) is 1.95. The Morgan fingerprint density at radius 3 is 2.69 bits per heavy atom. The summed E-state index contributed by atoms with van der Waals surface area (Å²) in [5.74, 6) is -0.855. The molecule has 2 heterocycles. The fourth-order valence-electron chi connectivity index (χ4n) is 3.35. The topological polar surface area (TPSA) is 88.6 Å². The second-order valence-electron chi connectivity index (χ2n) is 6.80. The van der Waals surface area contributed by atoms with Gasteiger partial charge in [0.05, 0.1) is 18.2 Å². The lowest BCUT2D eigenvalue weighted by Crippen LogP contribution is -2.43. The van der Waals surface area contributed by atoms with E-state index >= 15 is 0 Å². The van der Waals surface area contributed by atoms with Crippen molar-refractivity contribution in [2.45, 2.75) is 33.1 Å². The van der Waals surface area contributed by atoms with Crippen LogP contribution in [0.25, 0.3) is 11.3 Å². The van der Waals surface area contributed by atoms with E-state index in [1.54, 1.807) is 11.8 Å². The number of rotatable bonds is 6. The van der Waals surface area contributed by atoms with E-state index in [9.17, 15) is 14.4 Å². The first-order valence-electron chi connectivity index (χ1n) is 9.85. The number of esters is 1. The van der Waals surface area contributed by atoms with Crippen LogP contribution in [0.4, 0.5) is 5.13 Å². The maximum absolute atomic E-state index is 12.8. The Bertz CT molecular complexity index is 881. The summed E-state index contributed by atoms with van der Waals surface area (Å²) < 4.78 is 5.15. The SMILES string of the molecule is CCOC(=O)c1sc(NC(=O)[C@@H]2CCCN(C(=O)CC)C2)nc1-c1ccccc1. The summed E-state index contributed by atoms with van der Waals surface area (Å²) in [5.41, 5.74) is 1.28. The van der Waals surface area contributed by atoms with E-state index in [4.69, 9.17) is 4.74 Å². The molecule has 1 atom stereocenters. The predicted molar refractivity (Wildman–Crippen MR) is 112 cm³/mol. The maximum Gasteiger partial charge on any atom is 0.350 e. The molecule has 1 saturated heterocycles. The number of hydrogen-bond donors (Lipinski definition) is 1. The van der Waals surface area contributed by atoms with Crippen LogP contribution in [0, 0.1) is 5.92 Å². The molecule has 1 aliphatic rings. The molecule has 2 amide bonds. The number of thiazole rings is 1. The smallest absolute Gasteiger partial charge is 0.350 e. The number of ether oxygens (including phenoxy) is 1. The van der Waals surface area contributed by atoms with Gasteiger partial charge in [-0.1, -0.05) is 48.6 Å². The lowest BCUT2D eigenvalue weighted by atomic mass is 9.97. The van der Waals surface area contributed by atoms with Gasteiger partial charge in [0, 0.05) is 25.1 Å². The Morgan fingerprint density at radius 2 is 2.00 bits per heavy atom. The normalized spacial score (nSPS) is 16.3. The zero-order chi connectivity index (χ0) is 20.8. The van der Waals surface area contributed by atoms with Gasteiger partial charge in [0.1, 0.15) is 4.88 Å². The maximum atomic E-state index is 12.8. The minimum absolute atomic E-state index is 0.0627. The molecule has 1 fully saturated rings. The summed E-state index contributed by atoms with van der Waals surface area (Å²) >= 11 is 1.11. The molecule has 1 aliphatic heterocycles. The predicted octanol–water partition coefficient (Wildman–Crippen LogP) is 3.57. The molecule has 1 N–H and O–H groups in total. The van der Waals surface area contributed by atoms with E-state index in [-0.39, 0.29) is 24.3 Å². The fourth-order valence-corrected chi connectivity index (χ4v) is 4.23. The molecule has 1 aromatic carbocycles. The molecule has 7 nitrogen and oxygen atoms in total. The van der Waals surface area contributed by atoms with Crippen molar-refractivity contribution in [2.24, 2.45) is 5.92 Å². The van der Waals surface area contributed by atoms with Crippen LogP contribution in [-0.4, -0.2) is 47.4 Å². The van der Waals surface area contributed by atoms with Gasteiger partial charge in [-0.15, -0.1) is 0 Å². The first-order valence-corrected chi connectivity index (χ1v) is 10.7. The van der Waals surface area contributed by atoms with E-state index in [0.29, 0.717) is 35.2 Å². The summed E-state index contributed by atoms with van der Waals surface area (Å²) in [5, 5.41) is 3.20. The summed E-state index contributed by atoms with van der Waals surface area (Å²) in [4.78, 5) is 43.7. The van der Waals surface area contributed by atoms with Crippen LogP contribution < -0.4 is 5.32 Å². The van der Waals surface area contributed by atoms with Crippen molar-refractivity contribution in [1.29, 1.82) is 0 Å². The molecule has 1 aromatic heterocycles. The number of hydrogen-bond acceptors (Lipinski definition) is 6. The third kappa shape index (κ3) is 5.00. The monoisotopic (exact) mass is 415 g/mol. The molecular formula is C21H25N3O4S. The molecule has 3 rings (SSSR count). The Hall–Kier alpha value is -2.74. The van der Waals surface area contributed by atoms with E-state index in [1.165, 1.54) is 0 Å². The van der Waals surface area contributed by atoms with Gasteiger partial charge in [0.25, 0.3) is 0 Å². The number of nitrogens with one attached hydrogen (secondary N) is 1. The van der Waals surface area contributed by atoms with Crippen LogP contribution in [0.15, 0.2) is 30.3 Å². The van der Waals surface area contributed by atoms with Crippen LogP contribution in [0.2, 0.25) is 0 Å². The largest absolute Gasteiger partial charge is 0.462 e. The van der Waals surface area contributed by atoms with Crippen molar-refractivity contribution in [3.8, 4) is 11.3 Å². The van der Waals surface area contributed by atoms with Crippen molar-refractivity contribution in [1.82, 2.24) is 9.88 Å². The molecule has 29 heavy (non-hydrogen) atoms. The molecule has 0 radical (unpaired) electrons. The highest BCUT2D eigenvalue weighted by molar-refractivity contribution is 7.18. The Balaban J connectivity index is 1.79. The molecule has 0 bridgehead atoms. The van der Waals surface area contributed by atoms with Crippen molar-refractivity contribution in [3.63, 3.8) is 0 Å². The summed E-state index contributed by atoms with van der Waals surface area (Å²) in [6, 6.07) is 9.33. The number of benzene rings is 1. The molecule has 0 aliphatic carbocycles. The van der Waals surface area contributed by atoms with Crippen molar-refractivity contribution < 1.29 is 19.1 Å². The highest BCUT2D eigenvalue weighted by atomic mass is 32.1. The molecule has 0 saturated carbocycles. The van der Waals surface area contributed by atoms with Gasteiger partial charge in [-0.05, 0) is 19.8 Å². The van der Waals surface area contributed by atoms with Crippen molar-refractivity contribution in [3.05, 3.63) is 35.2 Å². The number of anilines is 1. The Labute approximate surface area is 174 Å². The standard InChI is InChI=1S/C21H25N3O4S/c1-3-16(25)24-12-8-11-15(13-24)19(26)23-21-22-17(14-9-6-5-7-10-14)18(29-21)20(27)28-4-2/h5-7,9-10,15H,3-4,8,11-13H2,1-2H3,(H,22,23,26)/t15-/m1/s1. The number of carbonyl (C=O) groups is 3. The third-order valence-corrected chi connectivity index (χ3v) is 5.76. The van der Waals surface area contributed by atoms with Crippen molar-refractivity contribution >= 4 is 34.3 Å². The van der Waals surface area contributed by atoms with Crippen LogP contribution in [0.1, 0.15) is 42.8 Å². The average molecular weight is 416 g/mol. The van der Waals surface area contributed by atoms with Crippen LogP contribution >= 0.6 is 11.3 Å². The molecule has 0 spiro atoms. The van der Waals surface area contributed by atoms with Crippen LogP contribution in [0.3, 0.4) is 0 Å². The zero-order valence-electron chi connectivity index (χ0n) is 16.6. The molecule has 154 valence electrons. The number of aromatic nitrogens is 1. The Kier molecular flexibility index (Phi) is 6.98. The van der Waals surface area contributed by atoms with Crippen LogP contribution in [0.5, 0.6) is 0 Å². The quantitative estimate of drug-likeness (QED) is 0.729. The summed E-state index contributed by atoms with van der Waals surface area (Å²) in [6.45, 7) is 4.94. The van der Waals surface area contributed by atoms with Gasteiger partial charge in [0.2, 0.25) is 11.8 Å². The zero-order valence-corrected chi connectivity index (χ0v) is 17.5. The molecular weight excluding hydrogens is 390 g/mol. The van der Waals surface area contributed by atoms with Gasteiger partial charge < -0.3 is 15.0 Å². The molecule has 8 heteroatoms. The lowest BCUT2D eigenvalue weighted by molar-refractivity contribution is -0.134. The Morgan fingerprint density at radius 1 is 1.24 bits per heavy atom. The number of amides is 2. The van der Waals surface area contributed by atoms with Gasteiger partial charge >= 0.3 is 5.97 Å². The first kappa shape index (κ1) is 21.0. The first-order chi connectivity index (χ1) is 14.0. The van der Waals surface area contributed by atoms with Gasteiger partial charge in [-0.25, -0.2) is 9.78 Å². The lowest BCUT2D eigenvalue weighted by Gasteiger charge is -2.31.